The van der Waals surface area contributed by atoms with Crippen molar-refractivity contribution in [3.05, 3.63) is 106 Å². The lowest BCUT2D eigenvalue weighted by atomic mass is 9.70. The molecule has 3 aromatic carbocycles. The van der Waals surface area contributed by atoms with Gasteiger partial charge in [-0.25, -0.2) is 17.5 Å². The molecule has 1 spiro atoms. The number of carbonyl (C=O) groups is 1. The van der Waals surface area contributed by atoms with Gasteiger partial charge in [-0.05, 0) is 117 Å². The molecule has 4 fully saturated rings. The Morgan fingerprint density at radius 3 is 2.49 bits per heavy atom. The molecule has 4 N–H and O–H groups in total. The van der Waals surface area contributed by atoms with Crippen LogP contribution >= 0.6 is 0 Å². The molecular formula is C52H64FN7O9S. The Balaban J connectivity index is 0.945. The zero-order valence-electron chi connectivity index (χ0n) is 40.3. The van der Waals surface area contributed by atoms with Gasteiger partial charge in [0.15, 0.2) is 5.75 Å². The van der Waals surface area contributed by atoms with Crippen LogP contribution in [0, 0.1) is 27.3 Å². The van der Waals surface area contributed by atoms with Gasteiger partial charge in [-0.2, -0.15) is 4.98 Å². The number of likely N-dealkylation sites (tertiary alicyclic amines) is 1. The highest BCUT2D eigenvalue weighted by atomic mass is 32.2. The number of nitro benzene ring substituents is 1. The number of anilines is 2. The molecule has 4 heterocycles. The summed E-state index contributed by atoms with van der Waals surface area (Å²) >= 11 is 0. The van der Waals surface area contributed by atoms with Crippen LogP contribution < -0.4 is 24.4 Å². The summed E-state index contributed by atoms with van der Waals surface area (Å²) in [5, 5.41) is 25.8. The number of methoxy groups -OCH3 is 1. The summed E-state index contributed by atoms with van der Waals surface area (Å²) in [6, 6.07) is 19.2. The average molecular weight is 982 g/mol. The molecule has 0 radical (unpaired) electrons. The van der Waals surface area contributed by atoms with Crippen molar-refractivity contribution in [2.24, 2.45) is 11.3 Å². The number of carbonyl (C=O) groups excluding carboxylic acids is 1. The molecule has 0 unspecified atom stereocenters. The maximum absolute atomic E-state index is 15.0. The van der Waals surface area contributed by atoms with Crippen molar-refractivity contribution in [2.75, 3.05) is 63.3 Å². The number of hydrogen-bond donors (Lipinski definition) is 4. The Morgan fingerprint density at radius 2 is 1.76 bits per heavy atom. The zero-order chi connectivity index (χ0) is 49.4. The van der Waals surface area contributed by atoms with Crippen molar-refractivity contribution in [3.8, 4) is 17.4 Å². The van der Waals surface area contributed by atoms with Gasteiger partial charge in [0.2, 0.25) is 0 Å². The molecule has 2 saturated heterocycles. The number of nitrogens with one attached hydrogen (secondary N) is 3. The molecule has 2 saturated carbocycles. The van der Waals surface area contributed by atoms with Gasteiger partial charge in [-0.1, -0.05) is 44.5 Å². The summed E-state index contributed by atoms with van der Waals surface area (Å²) in [4.78, 5) is 37.5. The largest absolute Gasteiger partial charge is 0.473 e. The number of benzene rings is 3. The molecule has 70 heavy (non-hydrogen) atoms. The van der Waals surface area contributed by atoms with Gasteiger partial charge in [0.25, 0.3) is 27.5 Å². The summed E-state index contributed by atoms with van der Waals surface area (Å²) in [6.07, 6.45) is 9.45. The fourth-order valence-corrected chi connectivity index (χ4v) is 12.2. The van der Waals surface area contributed by atoms with Crippen LogP contribution in [0.2, 0.25) is 0 Å². The second kappa shape index (κ2) is 20.1. The Labute approximate surface area is 408 Å². The van der Waals surface area contributed by atoms with E-state index in [0.29, 0.717) is 37.3 Å². The minimum Gasteiger partial charge on any atom is -0.473 e. The quantitative estimate of drug-likeness (QED) is 0.0391. The van der Waals surface area contributed by atoms with E-state index in [-0.39, 0.29) is 64.2 Å². The normalized spacial score (nSPS) is 22.6. The first-order valence-corrected chi connectivity index (χ1v) is 26.0. The van der Waals surface area contributed by atoms with Crippen LogP contribution in [0.1, 0.15) is 112 Å². The van der Waals surface area contributed by atoms with Crippen molar-refractivity contribution in [3.63, 3.8) is 0 Å². The standard InChI is InChI=1S/C52H64FN7O9S/c1-33(2)37-8-5-6-9-38(37)39-10-7-11-44(39)59-31-52(32-59)20-22-58(23-21-52)35-12-14-40(46(26-35)69-47-28-41-42(53)30-55-48(41)56-50(47)68-25-24-67-4)49(61)57-70(65,66)36-13-15-43(45(27-36)60(63)64)54-29-34-16-18-51(3,62)19-17-34/h5-6,8-9,12-15,26-28,30,33-34,39,44,54,62H,7,10-11,16-25,29,31-32H2,1-4H3,(H,55,56)(H,57,61)/t34?,39-,44-,51?/m0/s1. The van der Waals surface area contributed by atoms with Crippen LogP contribution in [0.4, 0.5) is 21.5 Å². The molecule has 2 aromatic heterocycles. The fourth-order valence-electron chi connectivity index (χ4n) is 11.2. The first kappa shape index (κ1) is 49.2. The Kier molecular flexibility index (Phi) is 14.1. The molecule has 2 aliphatic heterocycles. The molecular weight excluding hydrogens is 918 g/mol. The number of hydrogen-bond acceptors (Lipinski definition) is 13. The third kappa shape index (κ3) is 10.5. The molecule has 4 aliphatic rings. The van der Waals surface area contributed by atoms with Crippen LogP contribution in [0.25, 0.3) is 11.0 Å². The van der Waals surface area contributed by atoms with E-state index >= 15 is 0 Å². The van der Waals surface area contributed by atoms with Gasteiger partial charge in [0.1, 0.15) is 29.5 Å². The second-order valence-electron chi connectivity index (χ2n) is 20.4. The number of nitrogens with zero attached hydrogens (tertiary/aromatic N) is 4. The van der Waals surface area contributed by atoms with Gasteiger partial charge in [-0.15, -0.1) is 0 Å². The number of aromatic amines is 1. The molecule has 374 valence electrons. The first-order chi connectivity index (χ1) is 33.5. The van der Waals surface area contributed by atoms with E-state index in [4.69, 9.17) is 14.2 Å². The molecule has 2 aliphatic carbocycles. The fraction of sp³-hybridized carbons (Fsp3) is 0.500. The first-order valence-electron chi connectivity index (χ1n) is 24.5. The second-order valence-corrected chi connectivity index (χ2v) is 22.1. The van der Waals surface area contributed by atoms with E-state index in [9.17, 15) is 32.8 Å². The smallest absolute Gasteiger partial charge is 0.293 e. The monoisotopic (exact) mass is 981 g/mol. The van der Waals surface area contributed by atoms with Gasteiger partial charge in [-0.3, -0.25) is 19.8 Å². The van der Waals surface area contributed by atoms with E-state index in [1.807, 2.05) is 0 Å². The molecule has 18 heteroatoms. The van der Waals surface area contributed by atoms with Crippen molar-refractivity contribution >= 4 is 44.0 Å². The van der Waals surface area contributed by atoms with Gasteiger partial charge >= 0.3 is 0 Å². The van der Waals surface area contributed by atoms with Crippen molar-refractivity contribution in [2.45, 2.75) is 107 Å². The number of aromatic nitrogens is 2. The lowest BCUT2D eigenvalue weighted by Crippen LogP contribution is -2.63. The number of amides is 1. The molecule has 5 aromatic rings. The van der Waals surface area contributed by atoms with Gasteiger partial charge < -0.3 is 34.5 Å². The lowest BCUT2D eigenvalue weighted by Gasteiger charge is -2.57. The van der Waals surface area contributed by atoms with Crippen molar-refractivity contribution in [1.82, 2.24) is 19.6 Å². The van der Waals surface area contributed by atoms with Crippen molar-refractivity contribution in [1.29, 1.82) is 0 Å². The number of nitro groups is 1. The summed E-state index contributed by atoms with van der Waals surface area (Å²) in [5.74, 6) is -0.550. The van der Waals surface area contributed by atoms with E-state index in [2.05, 4.69) is 67.9 Å². The third-order valence-electron chi connectivity index (χ3n) is 15.2. The number of ether oxygens (including phenoxy) is 3. The van der Waals surface area contributed by atoms with Gasteiger partial charge in [0, 0.05) is 76.0 Å². The highest BCUT2D eigenvalue weighted by Crippen LogP contribution is 2.49. The Hall–Kier alpha value is -5.82. The average Bonchev–Trinajstić information content (AvgIpc) is 3.96. The minimum atomic E-state index is -4.68. The van der Waals surface area contributed by atoms with E-state index in [1.54, 1.807) is 19.1 Å². The van der Waals surface area contributed by atoms with E-state index in [1.165, 1.54) is 61.8 Å². The topological polar surface area (TPSA) is 201 Å². The SMILES string of the molecule is COCCOc1nc2[nH]cc(F)c2cc1Oc1cc(N2CCC3(CC2)CN([C@H]2CCC[C@H]2c2ccccc2C(C)C)C3)ccc1C(=O)NS(=O)(=O)c1ccc(NCC2CCC(C)(O)CC2)c([N+](=O)[O-])c1. The maximum atomic E-state index is 15.0. The zero-order valence-corrected chi connectivity index (χ0v) is 41.2. The van der Waals surface area contributed by atoms with Crippen LogP contribution in [0.15, 0.2) is 77.8 Å². The summed E-state index contributed by atoms with van der Waals surface area (Å²) in [7, 11) is -3.17. The number of fused-ring (bicyclic) bond motifs is 1. The Morgan fingerprint density at radius 1 is 1.00 bits per heavy atom. The van der Waals surface area contributed by atoms with Crippen molar-refractivity contribution < 1.29 is 41.8 Å². The summed E-state index contributed by atoms with van der Waals surface area (Å²) in [6.45, 7) is 10.6. The third-order valence-corrected chi connectivity index (χ3v) is 16.5. The number of piperidine rings is 1. The van der Waals surface area contributed by atoms with E-state index in [0.717, 1.165) is 69.8 Å². The lowest BCUT2D eigenvalue weighted by molar-refractivity contribution is -0.384. The highest BCUT2D eigenvalue weighted by Gasteiger charge is 2.49. The van der Waals surface area contributed by atoms with Gasteiger partial charge in [0.05, 0.1) is 33.0 Å². The summed E-state index contributed by atoms with van der Waals surface area (Å²) < 4.78 is 62.4. The number of halogens is 1. The van der Waals surface area contributed by atoms with Crippen LogP contribution in [-0.4, -0.2) is 104 Å². The Bertz CT molecular complexity index is 2830. The highest BCUT2D eigenvalue weighted by molar-refractivity contribution is 7.90. The summed E-state index contributed by atoms with van der Waals surface area (Å²) in [5.41, 5.74) is 2.86. The number of pyridine rings is 1. The number of aliphatic hydroxyl groups is 1. The molecule has 2 atom stereocenters. The number of sulfonamides is 1. The maximum Gasteiger partial charge on any atom is 0.293 e. The number of rotatable bonds is 17. The molecule has 9 rings (SSSR count). The predicted octanol–water partition coefficient (Wildman–Crippen LogP) is 9.26. The van der Waals surface area contributed by atoms with Crippen LogP contribution in [0.5, 0.6) is 17.4 Å². The minimum absolute atomic E-state index is 0.0150. The molecule has 0 bridgehead atoms. The van der Waals surface area contributed by atoms with E-state index < -0.39 is 42.9 Å². The number of H-pyrrole nitrogens is 1. The van der Waals surface area contributed by atoms with Crippen LogP contribution in [0.3, 0.4) is 0 Å². The predicted molar refractivity (Wildman–Crippen MR) is 265 cm³/mol. The molecule has 1 amide bonds. The molecule has 16 nitrogen and oxygen atoms in total. The van der Waals surface area contributed by atoms with Crippen LogP contribution in [-0.2, 0) is 14.8 Å².